The van der Waals surface area contributed by atoms with Gasteiger partial charge in [-0.2, -0.15) is 0 Å². The number of ether oxygens (including phenoxy) is 2. The van der Waals surface area contributed by atoms with Gasteiger partial charge in [0.05, 0.1) is 18.7 Å². The topological polar surface area (TPSA) is 91.0 Å². The summed E-state index contributed by atoms with van der Waals surface area (Å²) in [6.45, 7) is 2.48. The molecule has 0 unspecified atom stereocenters. The number of carbonyl (C=O) groups excluding carboxylic acids is 1. The molecule has 0 amide bonds. The van der Waals surface area contributed by atoms with E-state index in [1.54, 1.807) is 12.1 Å². The summed E-state index contributed by atoms with van der Waals surface area (Å²) in [4.78, 5) is 26.8. The summed E-state index contributed by atoms with van der Waals surface area (Å²) in [7, 11) is 0. The molecule has 1 aliphatic heterocycles. The maximum Gasteiger partial charge on any atom is 0.363 e. The first-order valence-electron chi connectivity index (χ1n) is 7.78. The Kier molecular flexibility index (Phi) is 6.09. The van der Waals surface area contributed by atoms with Crippen molar-refractivity contribution in [1.29, 1.82) is 0 Å². The molecule has 0 spiro atoms. The maximum absolute atomic E-state index is 12.2. The van der Waals surface area contributed by atoms with E-state index in [0.717, 1.165) is 18.5 Å². The third-order valence-corrected chi connectivity index (χ3v) is 5.14. The highest BCUT2D eigenvalue weighted by Gasteiger charge is 2.25. The number of nitro benzene ring substituents is 1. The minimum atomic E-state index is -0.601. The highest BCUT2D eigenvalue weighted by atomic mass is 127. The van der Waals surface area contributed by atoms with Crippen LogP contribution in [0.3, 0.4) is 0 Å². The first-order valence-corrected chi connectivity index (χ1v) is 9.94. The molecule has 2 aromatic carbocycles. The van der Waals surface area contributed by atoms with Gasteiger partial charge in [0.2, 0.25) is 5.90 Å². The van der Waals surface area contributed by atoms with Gasteiger partial charge in [0.1, 0.15) is 5.75 Å². The van der Waals surface area contributed by atoms with Crippen LogP contribution < -0.4 is 4.74 Å². The first-order chi connectivity index (χ1) is 12.9. The molecule has 0 aliphatic carbocycles. The Morgan fingerprint density at radius 2 is 1.96 bits per heavy atom. The van der Waals surface area contributed by atoms with Crippen molar-refractivity contribution in [3.63, 3.8) is 0 Å². The second kappa shape index (κ2) is 8.33. The molecule has 27 heavy (non-hydrogen) atoms. The monoisotopic (exact) mass is 590 g/mol. The van der Waals surface area contributed by atoms with Crippen LogP contribution in [0.1, 0.15) is 18.1 Å². The zero-order chi connectivity index (χ0) is 19.6. The second-order valence-corrected chi connectivity index (χ2v) is 7.71. The molecule has 0 atom stereocenters. The SMILES string of the molecule is CCOc1c(I)cc(C=C2N=C(c3cccc([N+](=O)[O-])c3)OC2=O)cc1I. The Balaban J connectivity index is 1.95. The van der Waals surface area contributed by atoms with Crippen LogP contribution in [0.4, 0.5) is 5.69 Å². The van der Waals surface area contributed by atoms with E-state index in [4.69, 9.17) is 9.47 Å². The molecule has 0 saturated carbocycles. The second-order valence-electron chi connectivity index (χ2n) is 5.39. The number of hydrogen-bond acceptors (Lipinski definition) is 6. The number of benzene rings is 2. The van der Waals surface area contributed by atoms with Crippen LogP contribution in [0.15, 0.2) is 47.1 Å². The van der Waals surface area contributed by atoms with E-state index in [1.807, 2.05) is 19.1 Å². The number of nitrogens with zero attached hydrogens (tertiary/aromatic N) is 2. The minimum absolute atomic E-state index is 0.0466. The lowest BCUT2D eigenvalue weighted by molar-refractivity contribution is -0.384. The quantitative estimate of drug-likeness (QED) is 0.168. The van der Waals surface area contributed by atoms with Gasteiger partial charge in [0.15, 0.2) is 5.70 Å². The summed E-state index contributed by atoms with van der Waals surface area (Å²) in [5.41, 5.74) is 1.19. The molecule has 0 aromatic heterocycles. The summed E-state index contributed by atoms with van der Waals surface area (Å²) in [6.07, 6.45) is 1.62. The van der Waals surface area contributed by atoms with Crippen molar-refractivity contribution in [2.75, 3.05) is 6.61 Å². The van der Waals surface area contributed by atoms with Crippen LogP contribution in [0.2, 0.25) is 0 Å². The van der Waals surface area contributed by atoms with Crippen molar-refractivity contribution in [3.05, 3.63) is 70.5 Å². The Labute approximate surface area is 181 Å². The van der Waals surface area contributed by atoms with E-state index in [0.29, 0.717) is 12.2 Å². The molecule has 2 aromatic rings. The predicted molar refractivity (Wildman–Crippen MR) is 117 cm³/mol. The van der Waals surface area contributed by atoms with Gasteiger partial charge in [0.25, 0.3) is 5.69 Å². The van der Waals surface area contributed by atoms with Crippen LogP contribution in [0.5, 0.6) is 5.75 Å². The molecule has 1 aliphatic rings. The summed E-state index contributed by atoms with van der Waals surface area (Å²) in [5, 5.41) is 10.9. The van der Waals surface area contributed by atoms with E-state index >= 15 is 0 Å². The molecule has 0 radical (unpaired) electrons. The lowest BCUT2D eigenvalue weighted by Gasteiger charge is -2.09. The van der Waals surface area contributed by atoms with Crippen LogP contribution in [-0.2, 0) is 9.53 Å². The van der Waals surface area contributed by atoms with E-state index in [2.05, 4.69) is 50.2 Å². The number of non-ortho nitro benzene ring substituents is 1. The normalized spacial score (nSPS) is 14.9. The van der Waals surface area contributed by atoms with Gasteiger partial charge in [-0.3, -0.25) is 10.1 Å². The van der Waals surface area contributed by atoms with Gasteiger partial charge in [0, 0.05) is 17.7 Å². The fourth-order valence-corrected chi connectivity index (χ4v) is 4.52. The van der Waals surface area contributed by atoms with Crippen LogP contribution in [-0.4, -0.2) is 23.4 Å². The number of nitro groups is 1. The molecule has 0 fully saturated rings. The molecule has 0 N–H and O–H groups in total. The summed E-state index contributed by atoms with van der Waals surface area (Å²) >= 11 is 4.35. The Morgan fingerprint density at radius 3 is 2.59 bits per heavy atom. The van der Waals surface area contributed by atoms with Crippen molar-refractivity contribution < 1.29 is 19.2 Å². The van der Waals surface area contributed by atoms with Gasteiger partial charge in [-0.15, -0.1) is 0 Å². The molecule has 7 nitrogen and oxygen atoms in total. The summed E-state index contributed by atoms with van der Waals surface area (Å²) < 4.78 is 12.6. The van der Waals surface area contributed by atoms with Crippen molar-refractivity contribution in [1.82, 2.24) is 0 Å². The number of carbonyl (C=O) groups is 1. The third kappa shape index (κ3) is 4.46. The molecule has 0 bridgehead atoms. The van der Waals surface area contributed by atoms with Gasteiger partial charge in [-0.1, -0.05) is 6.07 Å². The van der Waals surface area contributed by atoms with Gasteiger partial charge < -0.3 is 9.47 Å². The van der Waals surface area contributed by atoms with Crippen molar-refractivity contribution in [2.24, 2.45) is 4.99 Å². The first kappa shape index (κ1) is 19.7. The Morgan fingerprint density at radius 1 is 1.26 bits per heavy atom. The smallest absolute Gasteiger partial charge is 0.363 e. The number of rotatable bonds is 5. The Bertz CT molecular complexity index is 978. The largest absolute Gasteiger partial charge is 0.492 e. The molecule has 1 heterocycles. The van der Waals surface area contributed by atoms with E-state index in [9.17, 15) is 14.9 Å². The third-order valence-electron chi connectivity index (χ3n) is 3.54. The maximum atomic E-state index is 12.2. The number of hydrogen-bond donors (Lipinski definition) is 0. The number of halogens is 2. The highest BCUT2D eigenvalue weighted by Crippen LogP contribution is 2.30. The highest BCUT2D eigenvalue weighted by molar-refractivity contribution is 14.1. The fourth-order valence-electron chi connectivity index (χ4n) is 2.39. The minimum Gasteiger partial charge on any atom is -0.492 e. The average molecular weight is 590 g/mol. The zero-order valence-electron chi connectivity index (χ0n) is 13.9. The summed E-state index contributed by atoms with van der Waals surface area (Å²) in [5.74, 6) is 0.247. The number of cyclic esters (lactones) is 1. The van der Waals surface area contributed by atoms with E-state index in [-0.39, 0.29) is 17.3 Å². The van der Waals surface area contributed by atoms with Crippen molar-refractivity contribution >= 4 is 68.8 Å². The lowest BCUT2D eigenvalue weighted by Crippen LogP contribution is -2.05. The van der Waals surface area contributed by atoms with Crippen LogP contribution >= 0.6 is 45.2 Å². The molecule has 3 rings (SSSR count). The van der Waals surface area contributed by atoms with Crippen LogP contribution in [0.25, 0.3) is 6.08 Å². The van der Waals surface area contributed by atoms with Crippen molar-refractivity contribution in [3.8, 4) is 5.75 Å². The van der Waals surface area contributed by atoms with Gasteiger partial charge >= 0.3 is 5.97 Å². The molecular weight excluding hydrogens is 578 g/mol. The molecule has 0 saturated heterocycles. The molecular formula is C18H12I2N2O5. The molecule has 138 valence electrons. The van der Waals surface area contributed by atoms with Crippen LogP contribution in [0, 0.1) is 17.3 Å². The number of aliphatic imine (C=N–C) groups is 1. The Hall–Kier alpha value is -2.02. The predicted octanol–water partition coefficient (Wildman–Crippen LogP) is 4.55. The van der Waals surface area contributed by atoms with E-state index in [1.165, 1.54) is 18.2 Å². The number of esters is 1. The van der Waals surface area contributed by atoms with Gasteiger partial charge in [-0.05, 0) is 81.9 Å². The van der Waals surface area contributed by atoms with E-state index < -0.39 is 10.9 Å². The van der Waals surface area contributed by atoms with Gasteiger partial charge in [-0.25, -0.2) is 9.79 Å². The van der Waals surface area contributed by atoms with Crippen molar-refractivity contribution in [2.45, 2.75) is 6.92 Å². The lowest BCUT2D eigenvalue weighted by atomic mass is 10.2. The summed E-state index contributed by atoms with van der Waals surface area (Å²) in [6, 6.07) is 9.57. The zero-order valence-corrected chi connectivity index (χ0v) is 18.3. The fraction of sp³-hybridized carbons (Fsp3) is 0.111. The standard InChI is InChI=1S/C18H12I2N2O5/c1-2-26-16-13(19)6-10(7-14(16)20)8-15-18(23)27-17(21-15)11-4-3-5-12(9-11)22(24)25/h3-9H,2H2,1H3. The molecule has 9 heteroatoms. The average Bonchev–Trinajstić information content (AvgIpc) is 2.99.